The van der Waals surface area contributed by atoms with Crippen molar-refractivity contribution in [3.63, 3.8) is 0 Å². The number of benzene rings is 1. The molecule has 2 nitrogen and oxygen atoms in total. The molecule has 1 aliphatic carbocycles. The first-order chi connectivity index (χ1) is 10.8. The maximum atomic E-state index is 4.96. The lowest BCUT2D eigenvalue weighted by Gasteiger charge is -2.21. The monoisotopic (exact) mass is 310 g/mol. The largest absolute Gasteiger partial charge is 0.310 e. The molecule has 23 heavy (non-hydrogen) atoms. The highest BCUT2D eigenvalue weighted by Gasteiger charge is 2.19. The Morgan fingerprint density at radius 2 is 1.70 bits per heavy atom. The fourth-order valence-corrected chi connectivity index (χ4v) is 3.47. The van der Waals surface area contributed by atoms with Crippen LogP contribution in [0.4, 0.5) is 0 Å². The number of nitrogens with zero attached hydrogens (tertiary/aromatic N) is 1. The molecule has 1 heterocycles. The van der Waals surface area contributed by atoms with Crippen LogP contribution in [0.5, 0.6) is 0 Å². The van der Waals surface area contributed by atoms with Gasteiger partial charge in [-0.05, 0) is 61.6 Å². The van der Waals surface area contributed by atoms with Crippen molar-refractivity contribution in [2.75, 3.05) is 0 Å². The molecule has 0 saturated heterocycles. The van der Waals surface area contributed by atoms with Gasteiger partial charge in [-0.15, -0.1) is 0 Å². The van der Waals surface area contributed by atoms with Gasteiger partial charge in [-0.2, -0.15) is 0 Å². The molecule has 1 aromatic heterocycles. The highest BCUT2D eigenvalue weighted by Crippen LogP contribution is 2.28. The standard InChI is InChI=1S/C21H30N2/c1-14-10-18-16(13-22-17-8-6-7-9-17)12-20(21(3,4)5)23-19(18)11-15(14)2/h10-12,17,22H,6-9,13H2,1-5H3. The highest BCUT2D eigenvalue weighted by molar-refractivity contribution is 5.84. The van der Waals surface area contributed by atoms with Gasteiger partial charge in [0.15, 0.2) is 0 Å². The van der Waals surface area contributed by atoms with Crippen LogP contribution in [0.3, 0.4) is 0 Å². The zero-order chi connectivity index (χ0) is 16.6. The van der Waals surface area contributed by atoms with E-state index in [-0.39, 0.29) is 5.41 Å². The van der Waals surface area contributed by atoms with E-state index in [1.165, 1.54) is 53.5 Å². The van der Waals surface area contributed by atoms with E-state index in [1.807, 2.05) is 0 Å². The summed E-state index contributed by atoms with van der Waals surface area (Å²) < 4.78 is 0. The van der Waals surface area contributed by atoms with Crippen LogP contribution in [-0.2, 0) is 12.0 Å². The molecule has 0 amide bonds. The second-order valence-corrected chi connectivity index (χ2v) is 8.23. The molecule has 2 heteroatoms. The molecular formula is C21H30N2. The van der Waals surface area contributed by atoms with Crippen LogP contribution in [0, 0.1) is 13.8 Å². The molecule has 2 aromatic rings. The molecule has 0 spiro atoms. The van der Waals surface area contributed by atoms with Crippen molar-refractivity contribution >= 4 is 10.9 Å². The van der Waals surface area contributed by atoms with Gasteiger partial charge in [0.2, 0.25) is 0 Å². The van der Waals surface area contributed by atoms with E-state index in [9.17, 15) is 0 Å². The van der Waals surface area contributed by atoms with Gasteiger partial charge >= 0.3 is 0 Å². The van der Waals surface area contributed by atoms with Crippen LogP contribution in [0.2, 0.25) is 0 Å². The first-order valence-corrected chi connectivity index (χ1v) is 8.99. The summed E-state index contributed by atoms with van der Waals surface area (Å²) >= 11 is 0. The van der Waals surface area contributed by atoms with Gasteiger partial charge in [-0.3, -0.25) is 4.98 Å². The Labute approximate surface area is 140 Å². The Hall–Kier alpha value is -1.41. The fourth-order valence-electron chi connectivity index (χ4n) is 3.47. The van der Waals surface area contributed by atoms with E-state index in [0.29, 0.717) is 6.04 Å². The van der Waals surface area contributed by atoms with Crippen molar-refractivity contribution in [1.29, 1.82) is 0 Å². The van der Waals surface area contributed by atoms with Gasteiger partial charge in [0.1, 0.15) is 0 Å². The minimum Gasteiger partial charge on any atom is -0.310 e. The average molecular weight is 310 g/mol. The van der Waals surface area contributed by atoms with Crippen molar-refractivity contribution in [2.24, 2.45) is 0 Å². The molecule has 1 aromatic carbocycles. The Kier molecular flexibility index (Phi) is 4.46. The van der Waals surface area contributed by atoms with Gasteiger partial charge in [-0.25, -0.2) is 0 Å². The number of rotatable bonds is 3. The summed E-state index contributed by atoms with van der Waals surface area (Å²) in [6, 6.07) is 7.58. The molecule has 0 bridgehead atoms. The average Bonchev–Trinajstić information content (AvgIpc) is 2.98. The quantitative estimate of drug-likeness (QED) is 0.844. The number of hydrogen-bond donors (Lipinski definition) is 1. The van der Waals surface area contributed by atoms with E-state index < -0.39 is 0 Å². The summed E-state index contributed by atoms with van der Waals surface area (Å²) in [5.41, 5.74) is 6.49. The maximum absolute atomic E-state index is 4.96. The summed E-state index contributed by atoms with van der Waals surface area (Å²) in [6.45, 7) is 12.1. The Balaban J connectivity index is 2.02. The molecule has 1 N–H and O–H groups in total. The van der Waals surface area contributed by atoms with Crippen LogP contribution in [0.15, 0.2) is 18.2 Å². The van der Waals surface area contributed by atoms with Gasteiger partial charge < -0.3 is 5.32 Å². The molecule has 3 rings (SSSR count). The third kappa shape index (κ3) is 3.58. The molecule has 0 unspecified atom stereocenters. The van der Waals surface area contributed by atoms with Gasteiger partial charge in [0, 0.05) is 29.1 Å². The lowest BCUT2D eigenvalue weighted by atomic mass is 9.89. The predicted octanol–water partition coefficient (Wildman–Crippen LogP) is 5.18. The smallest absolute Gasteiger partial charge is 0.0711 e. The molecule has 0 radical (unpaired) electrons. The SMILES string of the molecule is Cc1cc2nc(C(C)(C)C)cc(CNC3CCCC3)c2cc1C. The summed E-state index contributed by atoms with van der Waals surface area (Å²) in [5, 5.41) is 5.09. The third-order valence-electron chi connectivity index (χ3n) is 5.21. The Bertz CT molecular complexity index is 704. The van der Waals surface area contributed by atoms with Crippen molar-refractivity contribution in [1.82, 2.24) is 10.3 Å². The van der Waals surface area contributed by atoms with Crippen molar-refractivity contribution < 1.29 is 0 Å². The molecule has 0 atom stereocenters. The first kappa shape index (κ1) is 16.4. The van der Waals surface area contributed by atoms with Crippen molar-refractivity contribution in [2.45, 2.75) is 78.3 Å². The Morgan fingerprint density at radius 1 is 1.04 bits per heavy atom. The van der Waals surface area contributed by atoms with E-state index in [1.54, 1.807) is 0 Å². The van der Waals surface area contributed by atoms with Crippen molar-refractivity contribution in [3.8, 4) is 0 Å². The van der Waals surface area contributed by atoms with Crippen LogP contribution in [-0.4, -0.2) is 11.0 Å². The number of aryl methyl sites for hydroxylation is 2. The van der Waals surface area contributed by atoms with Gasteiger partial charge in [0.05, 0.1) is 5.52 Å². The number of pyridine rings is 1. The van der Waals surface area contributed by atoms with Crippen LogP contribution in [0.25, 0.3) is 10.9 Å². The number of nitrogens with one attached hydrogen (secondary N) is 1. The van der Waals surface area contributed by atoms with E-state index in [0.717, 1.165) is 12.1 Å². The summed E-state index contributed by atoms with van der Waals surface area (Å²) in [4.78, 5) is 4.96. The number of aromatic nitrogens is 1. The van der Waals surface area contributed by atoms with Crippen LogP contribution in [0.1, 0.15) is 68.8 Å². The summed E-state index contributed by atoms with van der Waals surface area (Å²) in [5.74, 6) is 0. The maximum Gasteiger partial charge on any atom is 0.0711 e. The summed E-state index contributed by atoms with van der Waals surface area (Å²) in [6.07, 6.45) is 5.40. The minimum absolute atomic E-state index is 0.0785. The molecular weight excluding hydrogens is 280 g/mol. The minimum atomic E-state index is 0.0785. The zero-order valence-corrected chi connectivity index (χ0v) is 15.3. The third-order valence-corrected chi connectivity index (χ3v) is 5.21. The molecule has 1 saturated carbocycles. The predicted molar refractivity (Wildman–Crippen MR) is 99.0 cm³/mol. The fraction of sp³-hybridized carbons (Fsp3) is 0.571. The lowest BCUT2D eigenvalue weighted by Crippen LogP contribution is -2.26. The zero-order valence-electron chi connectivity index (χ0n) is 15.3. The van der Waals surface area contributed by atoms with Crippen LogP contribution >= 0.6 is 0 Å². The van der Waals surface area contributed by atoms with E-state index in [4.69, 9.17) is 4.98 Å². The van der Waals surface area contributed by atoms with Crippen LogP contribution < -0.4 is 5.32 Å². The second kappa shape index (κ2) is 6.24. The molecule has 1 fully saturated rings. The molecule has 124 valence electrons. The molecule has 1 aliphatic rings. The number of hydrogen-bond acceptors (Lipinski definition) is 2. The van der Waals surface area contributed by atoms with E-state index in [2.05, 4.69) is 58.1 Å². The van der Waals surface area contributed by atoms with Crippen molar-refractivity contribution in [3.05, 3.63) is 40.6 Å². The normalized spacial score (nSPS) is 16.4. The topological polar surface area (TPSA) is 24.9 Å². The highest BCUT2D eigenvalue weighted by atomic mass is 14.9. The summed E-state index contributed by atoms with van der Waals surface area (Å²) in [7, 11) is 0. The van der Waals surface area contributed by atoms with Gasteiger partial charge in [-0.1, -0.05) is 33.6 Å². The van der Waals surface area contributed by atoms with E-state index >= 15 is 0 Å². The lowest BCUT2D eigenvalue weighted by molar-refractivity contribution is 0.523. The molecule has 0 aliphatic heterocycles. The second-order valence-electron chi connectivity index (χ2n) is 8.23. The van der Waals surface area contributed by atoms with Gasteiger partial charge in [0.25, 0.3) is 0 Å². The Morgan fingerprint density at radius 3 is 2.35 bits per heavy atom. The number of fused-ring (bicyclic) bond motifs is 1. The first-order valence-electron chi connectivity index (χ1n) is 8.99.